The van der Waals surface area contributed by atoms with Crippen molar-refractivity contribution in [2.75, 3.05) is 5.75 Å². The van der Waals surface area contributed by atoms with Gasteiger partial charge in [-0.1, -0.05) is 43.1 Å². The standard InChI is InChI=1S/C18H15ClN2OS/c1-2-3-9-23-17-10-16(22-13-7-5-4-6-8-13)14(11-20)15(12-21)18(17)19/h4-8,10H,2-3,9H2,1H3. The minimum atomic E-state index is 0.168. The highest BCUT2D eigenvalue weighted by molar-refractivity contribution is 7.99. The van der Waals surface area contributed by atoms with Gasteiger partial charge >= 0.3 is 0 Å². The molecule has 2 aromatic carbocycles. The molecule has 0 N–H and O–H groups in total. The third-order valence-electron chi connectivity index (χ3n) is 3.14. The fraction of sp³-hybridized carbons (Fsp3) is 0.222. The molecule has 0 amide bonds. The highest BCUT2D eigenvalue weighted by atomic mass is 35.5. The highest BCUT2D eigenvalue weighted by Gasteiger charge is 2.18. The van der Waals surface area contributed by atoms with Crippen LogP contribution in [-0.4, -0.2) is 5.75 Å². The molecule has 0 bridgehead atoms. The smallest absolute Gasteiger partial charge is 0.147 e. The molecule has 0 radical (unpaired) electrons. The third kappa shape index (κ3) is 4.20. The fourth-order valence-electron chi connectivity index (χ4n) is 1.95. The summed E-state index contributed by atoms with van der Waals surface area (Å²) in [7, 11) is 0. The number of unbranched alkanes of at least 4 members (excludes halogenated alkanes) is 1. The molecule has 23 heavy (non-hydrogen) atoms. The lowest BCUT2D eigenvalue weighted by Crippen LogP contribution is -1.95. The van der Waals surface area contributed by atoms with Crippen molar-refractivity contribution in [2.24, 2.45) is 0 Å². The predicted molar refractivity (Wildman–Crippen MR) is 93.0 cm³/mol. The van der Waals surface area contributed by atoms with Crippen molar-refractivity contribution in [2.45, 2.75) is 24.7 Å². The maximum Gasteiger partial charge on any atom is 0.147 e. The first-order chi connectivity index (χ1) is 11.2. The van der Waals surface area contributed by atoms with Crippen LogP contribution >= 0.6 is 23.4 Å². The first-order valence-corrected chi connectivity index (χ1v) is 8.60. The molecule has 0 aromatic heterocycles. The maximum atomic E-state index is 9.39. The number of benzene rings is 2. The maximum absolute atomic E-state index is 9.39. The van der Waals surface area contributed by atoms with Crippen LogP contribution in [0.3, 0.4) is 0 Å². The quantitative estimate of drug-likeness (QED) is 0.494. The van der Waals surface area contributed by atoms with Crippen LogP contribution in [0.5, 0.6) is 11.5 Å². The Morgan fingerprint density at radius 3 is 2.43 bits per heavy atom. The molecule has 116 valence electrons. The van der Waals surface area contributed by atoms with Gasteiger partial charge in [-0.3, -0.25) is 0 Å². The SMILES string of the molecule is CCCCSc1cc(Oc2ccccc2)c(C#N)c(C#N)c1Cl. The van der Waals surface area contributed by atoms with Crippen molar-refractivity contribution in [3.63, 3.8) is 0 Å². The molecule has 0 aliphatic rings. The number of nitriles is 2. The van der Waals surface area contributed by atoms with Crippen LogP contribution in [0.4, 0.5) is 0 Å². The van der Waals surface area contributed by atoms with E-state index >= 15 is 0 Å². The van der Waals surface area contributed by atoms with Gasteiger partial charge in [-0.2, -0.15) is 10.5 Å². The molecular weight excluding hydrogens is 328 g/mol. The van der Waals surface area contributed by atoms with Crippen molar-refractivity contribution < 1.29 is 4.74 Å². The molecule has 0 unspecified atom stereocenters. The van der Waals surface area contributed by atoms with E-state index in [1.54, 1.807) is 30.0 Å². The summed E-state index contributed by atoms with van der Waals surface area (Å²) in [5, 5.41) is 19.1. The number of thioether (sulfide) groups is 1. The Kier molecular flexibility index (Phi) is 6.35. The van der Waals surface area contributed by atoms with Gasteiger partial charge in [-0.15, -0.1) is 11.8 Å². The normalized spacial score (nSPS) is 9.91. The Hall–Kier alpha value is -2.14. The Morgan fingerprint density at radius 2 is 1.83 bits per heavy atom. The van der Waals surface area contributed by atoms with Crippen LogP contribution in [0.2, 0.25) is 5.02 Å². The molecular formula is C18H15ClN2OS. The Morgan fingerprint density at radius 1 is 1.13 bits per heavy atom. The first kappa shape index (κ1) is 17.2. The summed E-state index contributed by atoms with van der Waals surface area (Å²) < 4.78 is 5.80. The van der Waals surface area contributed by atoms with Gasteiger partial charge in [-0.05, 0) is 30.4 Å². The summed E-state index contributed by atoms with van der Waals surface area (Å²) in [5.41, 5.74) is 0.336. The number of nitrogens with zero attached hydrogens (tertiary/aromatic N) is 2. The number of para-hydroxylation sites is 1. The van der Waals surface area contributed by atoms with Gasteiger partial charge < -0.3 is 4.74 Å². The van der Waals surface area contributed by atoms with Gasteiger partial charge in [0.25, 0.3) is 0 Å². The lowest BCUT2D eigenvalue weighted by Gasteiger charge is -2.13. The summed E-state index contributed by atoms with van der Waals surface area (Å²) >= 11 is 7.87. The molecule has 0 saturated carbocycles. The van der Waals surface area contributed by atoms with Crippen molar-refractivity contribution in [1.29, 1.82) is 10.5 Å². The summed E-state index contributed by atoms with van der Waals surface area (Å²) in [6, 6.07) is 15.0. The number of halogens is 1. The molecule has 2 rings (SSSR count). The molecule has 5 heteroatoms. The minimum Gasteiger partial charge on any atom is -0.456 e. The zero-order valence-electron chi connectivity index (χ0n) is 12.7. The number of ether oxygens (including phenoxy) is 1. The average Bonchev–Trinajstić information content (AvgIpc) is 2.58. The highest BCUT2D eigenvalue weighted by Crippen LogP contribution is 2.39. The largest absolute Gasteiger partial charge is 0.456 e. The summed E-state index contributed by atoms with van der Waals surface area (Å²) in [5.74, 6) is 1.87. The van der Waals surface area contributed by atoms with E-state index in [0.717, 1.165) is 23.5 Å². The molecule has 0 saturated heterocycles. The van der Waals surface area contributed by atoms with Crippen molar-refractivity contribution >= 4 is 23.4 Å². The Labute approximate surface area is 145 Å². The molecule has 2 aromatic rings. The Bertz CT molecular complexity index is 763. The summed E-state index contributed by atoms with van der Waals surface area (Å²) in [6.45, 7) is 2.12. The third-order valence-corrected chi connectivity index (χ3v) is 4.77. The van der Waals surface area contributed by atoms with E-state index in [-0.39, 0.29) is 11.1 Å². The van der Waals surface area contributed by atoms with Crippen LogP contribution in [0.15, 0.2) is 41.3 Å². The summed E-state index contributed by atoms with van der Waals surface area (Å²) in [4.78, 5) is 0.765. The molecule has 3 nitrogen and oxygen atoms in total. The first-order valence-electron chi connectivity index (χ1n) is 7.23. The number of hydrogen-bond donors (Lipinski definition) is 0. The molecule has 0 spiro atoms. The van der Waals surface area contributed by atoms with Crippen LogP contribution in [0, 0.1) is 22.7 Å². The van der Waals surface area contributed by atoms with Gasteiger partial charge in [-0.25, -0.2) is 0 Å². The zero-order chi connectivity index (χ0) is 16.7. The molecule has 0 aliphatic heterocycles. The topological polar surface area (TPSA) is 56.8 Å². The van der Waals surface area contributed by atoms with E-state index in [4.69, 9.17) is 16.3 Å². The van der Waals surface area contributed by atoms with Crippen molar-refractivity contribution in [1.82, 2.24) is 0 Å². The van der Waals surface area contributed by atoms with Gasteiger partial charge in [0, 0.05) is 4.90 Å². The van der Waals surface area contributed by atoms with Gasteiger partial charge in [0.15, 0.2) is 0 Å². The fourth-order valence-corrected chi connectivity index (χ4v) is 3.38. The zero-order valence-corrected chi connectivity index (χ0v) is 14.2. The van der Waals surface area contributed by atoms with Gasteiger partial charge in [0.1, 0.15) is 29.2 Å². The van der Waals surface area contributed by atoms with Crippen LogP contribution < -0.4 is 4.74 Å². The lowest BCUT2D eigenvalue weighted by molar-refractivity contribution is 0.479. The van der Waals surface area contributed by atoms with E-state index in [1.165, 1.54) is 0 Å². The van der Waals surface area contributed by atoms with Crippen LogP contribution in [-0.2, 0) is 0 Å². The van der Waals surface area contributed by atoms with Crippen molar-refractivity contribution in [3.05, 3.63) is 52.5 Å². The molecule has 0 heterocycles. The second-order valence-corrected chi connectivity index (χ2v) is 6.29. The molecule has 0 aliphatic carbocycles. The van der Waals surface area contributed by atoms with Crippen LogP contribution in [0.25, 0.3) is 0 Å². The average molecular weight is 343 g/mol. The second kappa shape index (κ2) is 8.48. The van der Waals surface area contributed by atoms with E-state index in [2.05, 4.69) is 6.92 Å². The lowest BCUT2D eigenvalue weighted by atomic mass is 10.1. The Balaban J connectivity index is 2.45. The van der Waals surface area contributed by atoms with E-state index < -0.39 is 0 Å². The van der Waals surface area contributed by atoms with Crippen LogP contribution in [0.1, 0.15) is 30.9 Å². The second-order valence-electron chi connectivity index (χ2n) is 4.78. The van der Waals surface area contributed by atoms with Crippen molar-refractivity contribution in [3.8, 4) is 23.6 Å². The molecule has 0 fully saturated rings. The predicted octanol–water partition coefficient (Wildman–Crippen LogP) is 5.77. The summed E-state index contributed by atoms with van der Waals surface area (Å²) in [6.07, 6.45) is 2.14. The van der Waals surface area contributed by atoms with Gasteiger partial charge in [0.2, 0.25) is 0 Å². The minimum absolute atomic E-state index is 0.168. The number of hydrogen-bond acceptors (Lipinski definition) is 4. The van der Waals surface area contributed by atoms with E-state index in [1.807, 2.05) is 30.3 Å². The monoisotopic (exact) mass is 342 g/mol. The van der Waals surface area contributed by atoms with E-state index in [9.17, 15) is 10.5 Å². The number of rotatable bonds is 6. The van der Waals surface area contributed by atoms with Gasteiger partial charge in [0.05, 0.1) is 10.6 Å². The van der Waals surface area contributed by atoms with E-state index in [0.29, 0.717) is 16.5 Å². The molecule has 0 atom stereocenters.